The zero-order chi connectivity index (χ0) is 10.1. The highest BCUT2D eigenvalue weighted by Gasteiger charge is 2.20. The molecular weight excluding hydrogens is 387 g/mol. The lowest BCUT2D eigenvalue weighted by Crippen LogP contribution is -1.98. The van der Waals surface area contributed by atoms with Crippen molar-refractivity contribution in [2.75, 3.05) is 0 Å². The Labute approximate surface area is 106 Å². The molecule has 70 valence electrons. The summed E-state index contributed by atoms with van der Waals surface area (Å²) in [6.07, 6.45) is 0. The zero-order valence-electron chi connectivity index (χ0n) is 6.23. The fourth-order valence-electron chi connectivity index (χ4n) is 0.790. The maximum Gasteiger partial charge on any atom is 0.252 e. The van der Waals surface area contributed by atoms with Crippen molar-refractivity contribution in [2.24, 2.45) is 0 Å². The van der Waals surface area contributed by atoms with Gasteiger partial charge in [-0.2, -0.15) is 0 Å². The summed E-state index contributed by atoms with van der Waals surface area (Å²) in [5, 5.41) is -0.448. The molecule has 0 aromatic heterocycles. The van der Waals surface area contributed by atoms with Crippen molar-refractivity contribution in [3.05, 3.63) is 35.4 Å². The summed E-state index contributed by atoms with van der Waals surface area (Å²) in [5.74, 6) is 0. The Morgan fingerprint density at radius 1 is 1.15 bits per heavy atom. The molecule has 0 radical (unpaired) electrons. The van der Waals surface area contributed by atoms with Crippen molar-refractivity contribution >= 4 is 64.6 Å². The van der Waals surface area contributed by atoms with Gasteiger partial charge in [0.2, 0.25) is 0 Å². The van der Waals surface area contributed by atoms with E-state index in [4.69, 9.17) is 11.6 Å². The van der Waals surface area contributed by atoms with Crippen molar-refractivity contribution < 1.29 is 4.79 Å². The quantitative estimate of drug-likeness (QED) is 0.514. The van der Waals surface area contributed by atoms with Crippen molar-refractivity contribution in [1.82, 2.24) is 0 Å². The number of rotatable bonds is 1. The monoisotopic (exact) mass is 388 g/mol. The lowest BCUT2D eigenvalue weighted by molar-refractivity contribution is 0.108. The van der Waals surface area contributed by atoms with E-state index in [-0.39, 0.29) is 0 Å². The summed E-state index contributed by atoms with van der Waals surface area (Å²) < 4.78 is -0.444. The molecule has 0 bridgehead atoms. The highest BCUT2D eigenvalue weighted by Crippen LogP contribution is 2.44. The van der Waals surface area contributed by atoms with Crippen LogP contribution in [-0.4, -0.2) is 5.24 Å². The minimum atomic E-state index is -0.448. The summed E-state index contributed by atoms with van der Waals surface area (Å²) in [4.78, 5) is 10.7. The normalized spacial score (nSPS) is 11.4. The van der Waals surface area contributed by atoms with E-state index < -0.39 is 7.39 Å². The van der Waals surface area contributed by atoms with Gasteiger partial charge in [-0.3, -0.25) is 4.79 Å². The summed E-state index contributed by atoms with van der Waals surface area (Å²) in [5.41, 5.74) is 1.44. The average Bonchev–Trinajstić information content (AvgIpc) is 2.03. The molecule has 0 saturated carbocycles. The van der Waals surface area contributed by atoms with Crippen LogP contribution in [-0.2, 0) is 2.14 Å². The SMILES string of the molecule is O=C(Cl)c1ccc(C(Br)(Br)Br)cc1. The Hall–Kier alpha value is 0.620. The summed E-state index contributed by atoms with van der Waals surface area (Å²) in [7, 11) is 0. The minimum Gasteiger partial charge on any atom is -0.276 e. The van der Waals surface area contributed by atoms with Crippen LogP contribution in [0, 0.1) is 0 Å². The van der Waals surface area contributed by atoms with Crippen LogP contribution in [0.25, 0.3) is 0 Å². The molecule has 5 heteroatoms. The first kappa shape index (κ1) is 11.7. The van der Waals surface area contributed by atoms with Gasteiger partial charge in [-0.25, -0.2) is 0 Å². The van der Waals surface area contributed by atoms with Gasteiger partial charge in [-0.15, -0.1) is 0 Å². The molecule has 1 aromatic rings. The Morgan fingerprint density at radius 2 is 1.62 bits per heavy atom. The highest BCUT2D eigenvalue weighted by atomic mass is 80.0. The fraction of sp³-hybridized carbons (Fsp3) is 0.125. The van der Waals surface area contributed by atoms with Crippen LogP contribution >= 0.6 is 59.4 Å². The average molecular weight is 391 g/mol. The van der Waals surface area contributed by atoms with Gasteiger partial charge in [0.05, 0.1) is 0 Å². The molecular formula is C8H4Br3ClO. The molecule has 0 aliphatic carbocycles. The van der Waals surface area contributed by atoms with Gasteiger partial charge >= 0.3 is 0 Å². The molecule has 0 heterocycles. The summed E-state index contributed by atoms with van der Waals surface area (Å²) in [6, 6.07) is 6.94. The van der Waals surface area contributed by atoms with Gasteiger partial charge in [0.15, 0.2) is 2.14 Å². The molecule has 1 rings (SSSR count). The molecule has 13 heavy (non-hydrogen) atoms. The standard InChI is InChI=1S/C8H4Br3ClO/c9-8(10,11)6-3-1-5(2-4-6)7(12)13/h1-4H. The van der Waals surface area contributed by atoms with E-state index >= 15 is 0 Å². The largest absolute Gasteiger partial charge is 0.276 e. The second kappa shape index (κ2) is 4.43. The smallest absolute Gasteiger partial charge is 0.252 e. The second-order valence-corrected chi connectivity index (χ2v) is 9.45. The number of benzene rings is 1. The molecule has 0 saturated heterocycles. The van der Waals surface area contributed by atoms with Gasteiger partial charge in [-0.05, 0) is 29.3 Å². The van der Waals surface area contributed by atoms with Crippen LogP contribution in [0.1, 0.15) is 15.9 Å². The van der Waals surface area contributed by atoms with E-state index in [2.05, 4.69) is 47.8 Å². The van der Waals surface area contributed by atoms with Crippen molar-refractivity contribution in [3.8, 4) is 0 Å². The number of alkyl halides is 3. The molecule has 0 atom stereocenters. The van der Waals surface area contributed by atoms with Crippen LogP contribution in [0.2, 0.25) is 0 Å². The number of carbonyl (C=O) groups excluding carboxylic acids is 1. The minimum absolute atomic E-state index is 0.444. The lowest BCUT2D eigenvalue weighted by atomic mass is 10.2. The first-order chi connectivity index (χ1) is 5.91. The Bertz CT molecular complexity index is 315. The summed E-state index contributed by atoms with van der Waals surface area (Å²) >= 11 is 15.4. The molecule has 1 aromatic carbocycles. The van der Waals surface area contributed by atoms with Gasteiger partial charge in [-0.1, -0.05) is 59.9 Å². The van der Waals surface area contributed by atoms with Gasteiger partial charge in [0.25, 0.3) is 5.24 Å². The molecule has 0 spiro atoms. The lowest BCUT2D eigenvalue weighted by Gasteiger charge is -2.11. The third-order valence-electron chi connectivity index (χ3n) is 1.44. The summed E-state index contributed by atoms with van der Waals surface area (Å²) in [6.45, 7) is 0. The molecule has 0 N–H and O–H groups in total. The van der Waals surface area contributed by atoms with Crippen LogP contribution in [0.4, 0.5) is 0 Å². The third-order valence-corrected chi connectivity index (χ3v) is 3.03. The van der Waals surface area contributed by atoms with E-state index in [1.165, 1.54) is 0 Å². The third kappa shape index (κ3) is 3.35. The van der Waals surface area contributed by atoms with Crippen LogP contribution in [0.5, 0.6) is 0 Å². The number of halogens is 4. The first-order valence-corrected chi connectivity index (χ1v) is 6.04. The van der Waals surface area contributed by atoms with E-state index in [1.807, 2.05) is 0 Å². The topological polar surface area (TPSA) is 17.1 Å². The van der Waals surface area contributed by atoms with Crippen LogP contribution in [0.15, 0.2) is 24.3 Å². The molecule has 0 fully saturated rings. The van der Waals surface area contributed by atoms with Crippen molar-refractivity contribution in [1.29, 1.82) is 0 Å². The van der Waals surface area contributed by atoms with Gasteiger partial charge < -0.3 is 0 Å². The van der Waals surface area contributed by atoms with E-state index in [9.17, 15) is 4.79 Å². The fourth-order valence-corrected chi connectivity index (χ4v) is 1.71. The van der Waals surface area contributed by atoms with E-state index in [1.54, 1.807) is 24.3 Å². The zero-order valence-corrected chi connectivity index (χ0v) is 11.7. The number of carbonyl (C=O) groups is 1. The van der Waals surface area contributed by atoms with Gasteiger partial charge in [0, 0.05) is 5.56 Å². The van der Waals surface area contributed by atoms with Crippen LogP contribution in [0.3, 0.4) is 0 Å². The predicted octanol–water partition coefficient (Wildman–Crippen LogP) is 4.36. The highest BCUT2D eigenvalue weighted by molar-refractivity contribution is 9.38. The Kier molecular flexibility index (Phi) is 3.98. The molecule has 0 unspecified atom stereocenters. The Balaban J connectivity index is 3.01. The first-order valence-electron chi connectivity index (χ1n) is 3.28. The maximum atomic E-state index is 10.7. The maximum absolute atomic E-state index is 10.7. The van der Waals surface area contributed by atoms with Crippen molar-refractivity contribution in [3.63, 3.8) is 0 Å². The molecule has 0 amide bonds. The number of hydrogen-bond donors (Lipinski definition) is 0. The second-order valence-electron chi connectivity index (χ2n) is 2.35. The molecule has 0 aliphatic heterocycles. The number of hydrogen-bond acceptors (Lipinski definition) is 1. The predicted molar refractivity (Wildman–Crippen MR) is 65.1 cm³/mol. The Morgan fingerprint density at radius 3 is 1.92 bits per heavy atom. The van der Waals surface area contributed by atoms with Crippen LogP contribution < -0.4 is 0 Å². The van der Waals surface area contributed by atoms with Crippen molar-refractivity contribution in [2.45, 2.75) is 2.14 Å². The van der Waals surface area contributed by atoms with Gasteiger partial charge in [0.1, 0.15) is 0 Å². The van der Waals surface area contributed by atoms with E-state index in [0.717, 1.165) is 5.56 Å². The molecule has 1 nitrogen and oxygen atoms in total. The van der Waals surface area contributed by atoms with E-state index in [0.29, 0.717) is 5.56 Å². The molecule has 0 aliphatic rings.